The van der Waals surface area contributed by atoms with E-state index in [4.69, 9.17) is 9.47 Å². The van der Waals surface area contributed by atoms with Gasteiger partial charge in [0.15, 0.2) is 11.5 Å². The van der Waals surface area contributed by atoms with E-state index in [-0.39, 0.29) is 12.4 Å². The molecule has 1 aliphatic heterocycles. The van der Waals surface area contributed by atoms with Crippen LogP contribution in [-0.4, -0.2) is 12.8 Å². The second-order valence-electron chi connectivity index (χ2n) is 3.88. The Morgan fingerprint density at radius 1 is 1.31 bits per heavy atom. The molecule has 0 bridgehead atoms. The summed E-state index contributed by atoms with van der Waals surface area (Å²) in [5, 5.41) is 3.44. The molecular weight excluding hydrogens is 226 g/mol. The fourth-order valence-corrected chi connectivity index (χ4v) is 1.49. The maximum absolute atomic E-state index is 5.32. The lowest BCUT2D eigenvalue weighted by Crippen LogP contribution is -3.00. The Hall–Kier alpha value is -0.930. The fraction of sp³-hybridized carbons (Fsp3) is 0.500. The molecule has 0 aliphatic carbocycles. The molecular formula is C12H17ClNO2-. The van der Waals surface area contributed by atoms with E-state index in [2.05, 4.69) is 25.2 Å². The molecule has 1 heterocycles. The minimum absolute atomic E-state index is 0. The molecule has 0 amide bonds. The van der Waals surface area contributed by atoms with E-state index in [9.17, 15) is 0 Å². The molecule has 1 atom stereocenters. The summed E-state index contributed by atoms with van der Waals surface area (Å²) in [5.74, 6) is 1.71. The number of ether oxygens (including phenoxy) is 2. The minimum atomic E-state index is 0. The Balaban J connectivity index is 0.00000128. The largest absolute Gasteiger partial charge is 1.00 e. The second-order valence-corrected chi connectivity index (χ2v) is 3.88. The van der Waals surface area contributed by atoms with E-state index in [1.165, 1.54) is 5.56 Å². The van der Waals surface area contributed by atoms with Crippen LogP contribution in [0.5, 0.6) is 11.5 Å². The van der Waals surface area contributed by atoms with E-state index >= 15 is 0 Å². The van der Waals surface area contributed by atoms with E-state index in [0.717, 1.165) is 24.5 Å². The number of halogens is 1. The molecule has 3 nitrogen and oxygen atoms in total. The highest BCUT2D eigenvalue weighted by Crippen LogP contribution is 2.32. The first-order valence-electron chi connectivity index (χ1n) is 5.41. The van der Waals surface area contributed by atoms with Crippen molar-refractivity contribution in [2.75, 3.05) is 6.79 Å². The highest BCUT2D eigenvalue weighted by atomic mass is 35.5. The van der Waals surface area contributed by atoms with Crippen molar-refractivity contribution in [2.24, 2.45) is 0 Å². The molecule has 2 rings (SSSR count). The van der Waals surface area contributed by atoms with Gasteiger partial charge in [-0.2, -0.15) is 0 Å². The van der Waals surface area contributed by atoms with Crippen molar-refractivity contribution < 1.29 is 21.9 Å². The van der Waals surface area contributed by atoms with Crippen molar-refractivity contribution in [1.82, 2.24) is 5.32 Å². The summed E-state index contributed by atoms with van der Waals surface area (Å²) in [5.41, 5.74) is 1.24. The second kappa shape index (κ2) is 5.97. The standard InChI is InChI=1S/C12H17NO2.ClH/c1-3-9(2)13-7-10-4-5-11-12(6-10)15-8-14-11;/h4-6,9,13H,3,7-8H2,1-2H3;1H/p-1. The molecule has 16 heavy (non-hydrogen) atoms. The molecule has 1 aliphatic rings. The zero-order valence-corrected chi connectivity index (χ0v) is 10.4. The van der Waals surface area contributed by atoms with E-state index in [0.29, 0.717) is 12.8 Å². The monoisotopic (exact) mass is 242 g/mol. The Labute approximate surface area is 103 Å². The smallest absolute Gasteiger partial charge is 0.231 e. The SMILES string of the molecule is CCC(C)NCc1ccc2c(c1)OCO2.[Cl-]. The molecule has 0 fully saturated rings. The van der Waals surface area contributed by atoms with Gasteiger partial charge in [0.25, 0.3) is 0 Å². The average molecular weight is 243 g/mol. The molecule has 0 saturated heterocycles. The summed E-state index contributed by atoms with van der Waals surface area (Å²) < 4.78 is 10.6. The Bertz CT molecular complexity index is 344. The van der Waals surface area contributed by atoms with E-state index < -0.39 is 0 Å². The molecule has 4 heteroatoms. The Morgan fingerprint density at radius 3 is 2.81 bits per heavy atom. The lowest BCUT2D eigenvalue weighted by Gasteiger charge is -2.11. The zero-order chi connectivity index (χ0) is 10.7. The van der Waals surface area contributed by atoms with Gasteiger partial charge in [-0.25, -0.2) is 0 Å². The summed E-state index contributed by atoms with van der Waals surface area (Å²) in [7, 11) is 0. The first-order valence-corrected chi connectivity index (χ1v) is 5.41. The van der Waals surface area contributed by atoms with Gasteiger partial charge in [-0.1, -0.05) is 13.0 Å². The number of rotatable bonds is 4. The maximum Gasteiger partial charge on any atom is 0.231 e. The highest BCUT2D eigenvalue weighted by molar-refractivity contribution is 5.44. The van der Waals surface area contributed by atoms with Crippen LogP contribution in [0.4, 0.5) is 0 Å². The summed E-state index contributed by atoms with van der Waals surface area (Å²) in [4.78, 5) is 0. The lowest BCUT2D eigenvalue weighted by atomic mass is 10.2. The molecule has 0 aromatic heterocycles. The number of hydrogen-bond acceptors (Lipinski definition) is 3. The van der Waals surface area contributed by atoms with Crippen molar-refractivity contribution in [3.05, 3.63) is 23.8 Å². The third-order valence-electron chi connectivity index (χ3n) is 2.70. The molecule has 1 aromatic carbocycles. The van der Waals surface area contributed by atoms with Gasteiger partial charge in [-0.3, -0.25) is 0 Å². The molecule has 1 unspecified atom stereocenters. The normalized spacial score (nSPS) is 14.4. The number of nitrogens with one attached hydrogen (secondary N) is 1. The van der Waals surface area contributed by atoms with Crippen LogP contribution in [0.25, 0.3) is 0 Å². The summed E-state index contributed by atoms with van der Waals surface area (Å²) >= 11 is 0. The number of fused-ring (bicyclic) bond motifs is 1. The van der Waals surface area contributed by atoms with Crippen LogP contribution in [-0.2, 0) is 6.54 Å². The molecule has 90 valence electrons. The summed E-state index contributed by atoms with van der Waals surface area (Å²) in [6, 6.07) is 6.63. The molecule has 0 spiro atoms. The van der Waals surface area contributed by atoms with Gasteiger partial charge in [-0.15, -0.1) is 0 Å². The third-order valence-corrected chi connectivity index (χ3v) is 2.70. The minimum Gasteiger partial charge on any atom is -1.00 e. The van der Waals surface area contributed by atoms with Gasteiger partial charge in [0.2, 0.25) is 6.79 Å². The fourth-order valence-electron chi connectivity index (χ4n) is 1.49. The van der Waals surface area contributed by atoms with Gasteiger partial charge in [0.05, 0.1) is 0 Å². The number of hydrogen-bond donors (Lipinski definition) is 1. The van der Waals surface area contributed by atoms with Gasteiger partial charge in [0, 0.05) is 12.6 Å². The van der Waals surface area contributed by atoms with Gasteiger partial charge in [0.1, 0.15) is 0 Å². The van der Waals surface area contributed by atoms with Crippen LogP contribution in [0.15, 0.2) is 18.2 Å². The predicted octanol–water partition coefficient (Wildman–Crippen LogP) is -0.693. The van der Waals surface area contributed by atoms with Gasteiger partial charge < -0.3 is 27.2 Å². The zero-order valence-electron chi connectivity index (χ0n) is 9.63. The molecule has 0 saturated carbocycles. The average Bonchev–Trinajstić information content (AvgIpc) is 2.72. The first kappa shape index (κ1) is 13.1. The first-order chi connectivity index (χ1) is 7.29. The third kappa shape index (κ3) is 3.03. The van der Waals surface area contributed by atoms with Crippen molar-refractivity contribution in [2.45, 2.75) is 32.9 Å². The van der Waals surface area contributed by atoms with Crippen molar-refractivity contribution in [1.29, 1.82) is 0 Å². The van der Waals surface area contributed by atoms with Crippen LogP contribution in [0, 0.1) is 0 Å². The van der Waals surface area contributed by atoms with Crippen molar-refractivity contribution >= 4 is 0 Å². The van der Waals surface area contributed by atoms with Crippen molar-refractivity contribution in [3.63, 3.8) is 0 Å². The van der Waals surface area contributed by atoms with Crippen LogP contribution in [0.2, 0.25) is 0 Å². The topological polar surface area (TPSA) is 30.5 Å². The van der Waals surface area contributed by atoms with Gasteiger partial charge in [-0.05, 0) is 31.0 Å². The van der Waals surface area contributed by atoms with Crippen LogP contribution < -0.4 is 27.2 Å². The van der Waals surface area contributed by atoms with Gasteiger partial charge >= 0.3 is 0 Å². The van der Waals surface area contributed by atoms with E-state index in [1.807, 2.05) is 12.1 Å². The summed E-state index contributed by atoms with van der Waals surface area (Å²) in [6.07, 6.45) is 1.14. The predicted molar refractivity (Wildman–Crippen MR) is 59.2 cm³/mol. The lowest BCUT2D eigenvalue weighted by molar-refractivity contribution is -0.00000484. The van der Waals surface area contributed by atoms with E-state index in [1.54, 1.807) is 0 Å². The summed E-state index contributed by atoms with van der Waals surface area (Å²) in [6.45, 7) is 5.59. The van der Waals surface area contributed by atoms with Crippen LogP contribution in [0.3, 0.4) is 0 Å². The van der Waals surface area contributed by atoms with Crippen LogP contribution in [0.1, 0.15) is 25.8 Å². The maximum atomic E-state index is 5.32. The highest BCUT2D eigenvalue weighted by Gasteiger charge is 2.12. The molecule has 0 radical (unpaired) electrons. The molecule has 1 aromatic rings. The van der Waals surface area contributed by atoms with Crippen molar-refractivity contribution in [3.8, 4) is 11.5 Å². The number of benzene rings is 1. The molecule has 1 N–H and O–H groups in total. The Morgan fingerprint density at radius 2 is 2.06 bits per heavy atom. The van der Waals surface area contributed by atoms with Crippen LogP contribution >= 0.6 is 0 Å². The quantitative estimate of drug-likeness (QED) is 0.758. The Kier molecular flexibility index (Phi) is 4.90.